The van der Waals surface area contributed by atoms with Gasteiger partial charge in [0.2, 0.25) is 0 Å². The second-order valence-electron chi connectivity index (χ2n) is 6.87. The van der Waals surface area contributed by atoms with Crippen LogP contribution in [0.3, 0.4) is 0 Å². The molecule has 0 amide bonds. The van der Waals surface area contributed by atoms with Gasteiger partial charge in [0.1, 0.15) is 0 Å². The number of hydrogen-bond acceptors (Lipinski definition) is 3. The highest BCUT2D eigenvalue weighted by Crippen LogP contribution is 2.37. The highest BCUT2D eigenvalue weighted by molar-refractivity contribution is 6.74. The Labute approximate surface area is 125 Å². The quantitative estimate of drug-likeness (QED) is 0.389. The topological polar surface area (TPSA) is 35.5 Å². The molecule has 0 rings (SSSR count). The van der Waals surface area contributed by atoms with Crippen LogP contribution in [-0.2, 0) is 14.0 Å². The molecule has 0 saturated carbocycles. The Hall–Kier alpha value is -0.613. The molecular formula is C16H32O3Si. The zero-order valence-corrected chi connectivity index (χ0v) is 15.5. The molecule has 0 fully saturated rings. The Bertz CT molecular complexity index is 340. The lowest BCUT2D eigenvalue weighted by Gasteiger charge is -2.38. The number of hydrogen-bond donors (Lipinski definition) is 0. The summed E-state index contributed by atoms with van der Waals surface area (Å²) in [6.07, 6.45) is 3.95. The van der Waals surface area contributed by atoms with E-state index in [1.165, 1.54) is 0 Å². The molecule has 1 unspecified atom stereocenters. The van der Waals surface area contributed by atoms with Crippen molar-refractivity contribution in [3.63, 3.8) is 0 Å². The predicted octanol–water partition coefficient (Wildman–Crippen LogP) is 4.69. The highest BCUT2D eigenvalue weighted by Gasteiger charge is 2.38. The first-order chi connectivity index (χ1) is 9.01. The lowest BCUT2D eigenvalue weighted by molar-refractivity contribution is -0.138. The van der Waals surface area contributed by atoms with Crippen LogP contribution in [0.4, 0.5) is 0 Å². The van der Waals surface area contributed by atoms with E-state index in [4.69, 9.17) is 9.16 Å². The van der Waals surface area contributed by atoms with E-state index in [1.807, 2.05) is 13.0 Å². The van der Waals surface area contributed by atoms with Gasteiger partial charge in [-0.3, -0.25) is 0 Å². The Morgan fingerprint density at radius 3 is 2.30 bits per heavy atom. The molecule has 1 atom stereocenters. The molecule has 0 aromatic carbocycles. The maximum absolute atomic E-state index is 11.5. The molecule has 0 aliphatic heterocycles. The first-order valence-electron chi connectivity index (χ1n) is 7.53. The molecule has 0 heterocycles. The fraction of sp³-hybridized carbons (Fsp3) is 0.812. The number of rotatable bonds is 7. The van der Waals surface area contributed by atoms with Crippen LogP contribution in [0.2, 0.25) is 18.1 Å². The lowest BCUT2D eigenvalue weighted by atomic mass is 10.1. The molecule has 0 aliphatic carbocycles. The minimum atomic E-state index is -1.69. The minimum Gasteiger partial charge on any atom is -0.463 e. The fourth-order valence-electron chi connectivity index (χ4n) is 1.60. The first-order valence-corrected chi connectivity index (χ1v) is 10.4. The largest absolute Gasteiger partial charge is 0.463 e. The van der Waals surface area contributed by atoms with Gasteiger partial charge >= 0.3 is 5.97 Å². The van der Waals surface area contributed by atoms with E-state index in [9.17, 15) is 4.79 Å². The maximum atomic E-state index is 11.5. The minimum absolute atomic E-state index is 0.217. The summed E-state index contributed by atoms with van der Waals surface area (Å²) in [6.45, 7) is 17.4. The monoisotopic (exact) mass is 300 g/mol. The van der Waals surface area contributed by atoms with Crippen LogP contribution in [0.1, 0.15) is 54.4 Å². The van der Waals surface area contributed by atoms with Crippen molar-refractivity contribution in [3.8, 4) is 0 Å². The van der Waals surface area contributed by atoms with Crippen molar-refractivity contribution in [1.29, 1.82) is 0 Å². The van der Waals surface area contributed by atoms with Gasteiger partial charge in [-0.15, -0.1) is 0 Å². The van der Waals surface area contributed by atoms with Crippen molar-refractivity contribution in [2.24, 2.45) is 0 Å². The molecule has 4 heteroatoms. The standard InChI is InChI=1S/C16H32O3Si/c1-9-18-15(17)13(2)11-10-12-14(3)19-20(7,8)16(4,5)6/h11,14H,9-10,12H2,1-8H3/b13-11+. The van der Waals surface area contributed by atoms with Crippen LogP contribution in [0.25, 0.3) is 0 Å². The molecule has 118 valence electrons. The van der Waals surface area contributed by atoms with Crippen molar-refractivity contribution in [2.45, 2.75) is 78.6 Å². The lowest BCUT2D eigenvalue weighted by Crippen LogP contribution is -2.43. The molecule has 0 aromatic rings. The summed E-state index contributed by atoms with van der Waals surface area (Å²) in [6, 6.07) is 0. The van der Waals surface area contributed by atoms with E-state index in [0.717, 1.165) is 12.8 Å². The number of ether oxygens (including phenoxy) is 1. The van der Waals surface area contributed by atoms with E-state index >= 15 is 0 Å². The van der Waals surface area contributed by atoms with Gasteiger partial charge in [0.05, 0.1) is 6.61 Å². The molecule has 0 radical (unpaired) electrons. The van der Waals surface area contributed by atoms with Gasteiger partial charge in [-0.1, -0.05) is 26.8 Å². The van der Waals surface area contributed by atoms with Gasteiger partial charge in [-0.25, -0.2) is 4.79 Å². The number of carbonyl (C=O) groups is 1. The van der Waals surface area contributed by atoms with E-state index in [1.54, 1.807) is 6.92 Å². The molecule has 0 N–H and O–H groups in total. The fourth-order valence-corrected chi connectivity index (χ4v) is 3.08. The average molecular weight is 301 g/mol. The van der Waals surface area contributed by atoms with Crippen molar-refractivity contribution >= 4 is 14.3 Å². The van der Waals surface area contributed by atoms with Gasteiger partial charge in [0, 0.05) is 11.7 Å². The van der Waals surface area contributed by atoms with Crippen LogP contribution >= 0.6 is 0 Å². The normalized spacial score (nSPS) is 15.1. The number of carbonyl (C=O) groups excluding carboxylic acids is 1. The molecular weight excluding hydrogens is 268 g/mol. The van der Waals surface area contributed by atoms with E-state index < -0.39 is 8.32 Å². The third-order valence-corrected chi connectivity index (χ3v) is 8.53. The smallest absolute Gasteiger partial charge is 0.333 e. The second-order valence-corrected chi connectivity index (χ2v) is 11.6. The summed E-state index contributed by atoms with van der Waals surface area (Å²) in [5.41, 5.74) is 0.686. The summed E-state index contributed by atoms with van der Waals surface area (Å²) in [5.74, 6) is -0.217. The zero-order chi connectivity index (χ0) is 16.0. The van der Waals surface area contributed by atoms with Crippen LogP contribution in [-0.4, -0.2) is 27.0 Å². The van der Waals surface area contributed by atoms with Gasteiger partial charge in [-0.2, -0.15) is 0 Å². The summed E-state index contributed by atoms with van der Waals surface area (Å²) in [7, 11) is -1.69. The second kappa shape index (κ2) is 7.98. The molecule has 0 spiro atoms. The maximum Gasteiger partial charge on any atom is 0.333 e. The van der Waals surface area contributed by atoms with Crippen molar-refractivity contribution in [1.82, 2.24) is 0 Å². The Morgan fingerprint density at radius 1 is 1.30 bits per heavy atom. The third-order valence-electron chi connectivity index (χ3n) is 3.92. The SMILES string of the molecule is CCOC(=O)/C(C)=C/CCC(C)O[Si](C)(C)C(C)(C)C. The molecule has 20 heavy (non-hydrogen) atoms. The van der Waals surface area contributed by atoms with Crippen molar-refractivity contribution in [2.75, 3.05) is 6.61 Å². The molecule has 0 aromatic heterocycles. The van der Waals surface area contributed by atoms with Gasteiger partial charge in [0.15, 0.2) is 8.32 Å². The van der Waals surface area contributed by atoms with Crippen molar-refractivity contribution < 1.29 is 14.0 Å². The van der Waals surface area contributed by atoms with Gasteiger partial charge < -0.3 is 9.16 Å². The first kappa shape index (κ1) is 19.4. The zero-order valence-electron chi connectivity index (χ0n) is 14.5. The van der Waals surface area contributed by atoms with Gasteiger partial charge in [-0.05, 0) is 51.7 Å². The Kier molecular flexibility index (Phi) is 7.74. The van der Waals surface area contributed by atoms with E-state index in [2.05, 4.69) is 40.8 Å². The number of esters is 1. The van der Waals surface area contributed by atoms with Crippen LogP contribution < -0.4 is 0 Å². The Morgan fingerprint density at radius 2 is 1.85 bits per heavy atom. The molecule has 0 aliphatic rings. The van der Waals surface area contributed by atoms with Crippen LogP contribution in [0, 0.1) is 0 Å². The van der Waals surface area contributed by atoms with E-state index in [0.29, 0.717) is 12.2 Å². The molecule has 3 nitrogen and oxygen atoms in total. The van der Waals surface area contributed by atoms with Crippen LogP contribution in [0.15, 0.2) is 11.6 Å². The van der Waals surface area contributed by atoms with Gasteiger partial charge in [0.25, 0.3) is 0 Å². The summed E-state index contributed by atoms with van der Waals surface area (Å²) >= 11 is 0. The van der Waals surface area contributed by atoms with Crippen LogP contribution in [0.5, 0.6) is 0 Å². The highest BCUT2D eigenvalue weighted by atomic mass is 28.4. The summed E-state index contributed by atoms with van der Waals surface area (Å²) in [5, 5.41) is 0.234. The summed E-state index contributed by atoms with van der Waals surface area (Å²) < 4.78 is 11.2. The van der Waals surface area contributed by atoms with Crippen molar-refractivity contribution in [3.05, 3.63) is 11.6 Å². The third kappa shape index (κ3) is 6.71. The van der Waals surface area contributed by atoms with E-state index in [-0.39, 0.29) is 17.1 Å². The number of allylic oxidation sites excluding steroid dienone is 1. The summed E-state index contributed by atoms with van der Waals surface area (Å²) in [4.78, 5) is 11.5. The molecule has 0 saturated heterocycles. The Balaban J connectivity index is 4.28. The molecule has 0 bridgehead atoms. The average Bonchev–Trinajstić information content (AvgIpc) is 2.26. The predicted molar refractivity (Wildman–Crippen MR) is 87.4 cm³/mol.